The van der Waals surface area contributed by atoms with E-state index in [0.717, 1.165) is 50.1 Å². The average molecular weight is 715 g/mol. The third-order valence-electron chi connectivity index (χ3n) is 9.91. The molecule has 274 valence electrons. The second kappa shape index (κ2) is 17.9. The van der Waals surface area contributed by atoms with Crippen molar-refractivity contribution in [3.05, 3.63) is 53.3 Å². The van der Waals surface area contributed by atoms with Gasteiger partial charge in [-0.15, -0.1) is 5.10 Å². The number of benzene rings is 1. The first-order valence-corrected chi connectivity index (χ1v) is 19.5. The van der Waals surface area contributed by atoms with Crippen LogP contribution in [-0.2, 0) is 9.53 Å². The van der Waals surface area contributed by atoms with E-state index in [1.807, 2.05) is 30.3 Å². The molecule has 0 bridgehead atoms. The number of carbonyl (C=O) groups is 1. The Morgan fingerprint density at radius 1 is 1.04 bits per heavy atom. The second-order valence-electron chi connectivity index (χ2n) is 14.2. The van der Waals surface area contributed by atoms with Crippen LogP contribution in [0.15, 0.2) is 41.0 Å². The normalized spacial score (nSPS) is 20.7. The number of thiophene rings is 1. The molecule has 0 N–H and O–H groups in total. The highest BCUT2D eigenvalue weighted by atomic mass is 32.1. The smallest absolute Gasteiger partial charge is 0.331 e. The summed E-state index contributed by atoms with van der Waals surface area (Å²) < 4.78 is 19.6. The average Bonchev–Trinajstić information content (AvgIpc) is 3.83. The van der Waals surface area contributed by atoms with E-state index in [9.17, 15) is 4.79 Å². The van der Waals surface area contributed by atoms with Crippen molar-refractivity contribution < 1.29 is 19.0 Å². The number of allylic oxidation sites excluding steroid dienone is 1. The third kappa shape index (κ3) is 9.01. The fraction of sp³-hybridized carbons (Fsp3) is 0.575. The lowest BCUT2D eigenvalue weighted by atomic mass is 9.75. The number of nitrogens with zero attached hydrogens (tertiary/aromatic N) is 6. The number of aromatic nitrogens is 3. The summed E-state index contributed by atoms with van der Waals surface area (Å²) in [7, 11) is 3.67. The topological polar surface area (TPSA) is 95.4 Å². The zero-order valence-electron chi connectivity index (χ0n) is 31.4. The Hall–Kier alpha value is -4.17. The summed E-state index contributed by atoms with van der Waals surface area (Å²) in [6.45, 7) is 20.7. The van der Waals surface area contributed by atoms with Gasteiger partial charge in [-0.3, -0.25) is 0 Å². The van der Waals surface area contributed by atoms with E-state index in [1.165, 1.54) is 41.7 Å². The maximum atomic E-state index is 14.1. The molecule has 1 fully saturated rings. The number of hydrogen-bond acceptors (Lipinski definition) is 9. The monoisotopic (exact) mass is 714 g/mol. The molecular formula is C40H54N6O4S. The van der Waals surface area contributed by atoms with Gasteiger partial charge in [-0.05, 0) is 67.7 Å². The first-order chi connectivity index (χ1) is 24.7. The zero-order valence-corrected chi connectivity index (χ0v) is 32.2. The quantitative estimate of drug-likeness (QED) is 0.0780. The van der Waals surface area contributed by atoms with E-state index in [0.29, 0.717) is 40.4 Å². The highest BCUT2D eigenvalue weighted by Crippen LogP contribution is 2.40. The summed E-state index contributed by atoms with van der Waals surface area (Å²) in [5.41, 5.74) is 0.822. The van der Waals surface area contributed by atoms with Gasteiger partial charge in [0.15, 0.2) is 17.5 Å². The first kappa shape index (κ1) is 38.1. The number of carbonyl (C=O) groups excluding carboxylic acids is 1. The van der Waals surface area contributed by atoms with Gasteiger partial charge in [0.2, 0.25) is 5.70 Å². The van der Waals surface area contributed by atoms with Crippen molar-refractivity contribution in [3.8, 4) is 22.9 Å². The molecule has 51 heavy (non-hydrogen) atoms. The standard InChI is InChI=1S/C40H54N6O4S/c1-9-11-13-14-15-16-22-49-29-17-18-30(31(25-29)48-8)37-43-38-34(40(47)50-36-27(4)23-26(3)24-28(36)5)35(41-6)39(46(38)44-37)42-32-19-20-33(51-32)45(7)21-12-10-2/h17-20,25-28,36H,9-16,21-24H2,1-5,7-8H3. The first-order valence-electron chi connectivity index (χ1n) is 18.7. The van der Waals surface area contributed by atoms with Gasteiger partial charge in [0.1, 0.15) is 28.2 Å². The van der Waals surface area contributed by atoms with Crippen molar-refractivity contribution in [1.29, 1.82) is 0 Å². The molecular weight excluding hydrogens is 661 g/mol. The van der Waals surface area contributed by atoms with Crippen LogP contribution in [0.1, 0.15) is 105 Å². The highest BCUT2D eigenvalue weighted by Gasteiger charge is 2.41. The minimum atomic E-state index is -0.568. The number of aliphatic imine (C=N–C) groups is 1. The number of rotatable bonds is 17. The Morgan fingerprint density at radius 3 is 2.47 bits per heavy atom. The van der Waals surface area contributed by atoms with Crippen molar-refractivity contribution in [2.24, 2.45) is 22.7 Å². The van der Waals surface area contributed by atoms with Crippen LogP contribution < -0.4 is 14.4 Å². The van der Waals surface area contributed by atoms with Crippen molar-refractivity contribution in [1.82, 2.24) is 14.8 Å². The lowest BCUT2D eigenvalue weighted by Crippen LogP contribution is -2.37. The van der Waals surface area contributed by atoms with Crippen LogP contribution in [0.4, 0.5) is 10.0 Å². The molecule has 0 saturated heterocycles. The third-order valence-corrected chi connectivity index (χ3v) is 11.0. The molecule has 0 spiro atoms. The number of ether oxygens (including phenoxy) is 3. The molecule has 1 aliphatic heterocycles. The number of esters is 1. The Labute approximate surface area is 307 Å². The summed E-state index contributed by atoms with van der Waals surface area (Å²) in [6, 6.07) is 9.58. The summed E-state index contributed by atoms with van der Waals surface area (Å²) in [5.74, 6) is 2.51. The van der Waals surface area contributed by atoms with Crippen molar-refractivity contribution in [2.75, 3.05) is 32.2 Å². The van der Waals surface area contributed by atoms with Gasteiger partial charge >= 0.3 is 5.97 Å². The number of anilines is 1. The van der Waals surface area contributed by atoms with Gasteiger partial charge in [-0.2, -0.15) is 0 Å². The molecule has 0 radical (unpaired) electrons. The van der Waals surface area contributed by atoms with Gasteiger partial charge in [0, 0.05) is 19.7 Å². The molecule has 11 heteroatoms. The molecule has 2 atom stereocenters. The van der Waals surface area contributed by atoms with Gasteiger partial charge in [0.25, 0.3) is 0 Å². The number of fused-ring (bicyclic) bond motifs is 1. The van der Waals surface area contributed by atoms with Gasteiger partial charge in [0.05, 0.1) is 30.9 Å². The van der Waals surface area contributed by atoms with Crippen LogP contribution in [0.3, 0.4) is 0 Å². The number of hydrogen-bond donors (Lipinski definition) is 0. The summed E-state index contributed by atoms with van der Waals surface area (Å²) in [5, 5.41) is 6.62. The number of unbranched alkanes of at least 4 members (excludes halogenated alkanes) is 6. The number of methoxy groups -OCH3 is 1. The molecule has 1 aromatic carbocycles. The Balaban J connectivity index is 1.48. The maximum absolute atomic E-state index is 14.1. The molecule has 1 saturated carbocycles. The fourth-order valence-corrected chi connectivity index (χ4v) is 8.13. The predicted octanol–water partition coefficient (Wildman–Crippen LogP) is 9.83. The summed E-state index contributed by atoms with van der Waals surface area (Å²) >= 11 is 1.53. The van der Waals surface area contributed by atoms with E-state index in [-0.39, 0.29) is 40.9 Å². The zero-order chi connectivity index (χ0) is 36.5. The Kier molecular flexibility index (Phi) is 13.3. The van der Waals surface area contributed by atoms with Gasteiger partial charge < -0.3 is 19.1 Å². The molecule has 5 rings (SSSR count). The summed E-state index contributed by atoms with van der Waals surface area (Å²) in [4.78, 5) is 29.9. The molecule has 0 amide bonds. The van der Waals surface area contributed by atoms with Gasteiger partial charge in [-0.1, -0.05) is 84.5 Å². The molecule has 3 heterocycles. The van der Waals surface area contributed by atoms with E-state index in [1.54, 1.807) is 7.11 Å². The second-order valence-corrected chi connectivity index (χ2v) is 15.2. The van der Waals surface area contributed by atoms with E-state index in [4.69, 9.17) is 35.9 Å². The van der Waals surface area contributed by atoms with Crippen LogP contribution in [0.25, 0.3) is 21.8 Å². The summed E-state index contributed by atoms with van der Waals surface area (Å²) in [6.07, 6.45) is 11.1. The predicted molar refractivity (Wildman–Crippen MR) is 206 cm³/mol. The van der Waals surface area contributed by atoms with Crippen molar-refractivity contribution in [2.45, 2.75) is 105 Å². The minimum absolute atomic E-state index is 0.0886. The molecule has 2 aromatic heterocycles. The molecule has 3 aromatic rings. The Morgan fingerprint density at radius 2 is 1.76 bits per heavy atom. The van der Waals surface area contributed by atoms with Crippen molar-refractivity contribution >= 4 is 38.7 Å². The molecule has 2 aliphatic rings. The highest BCUT2D eigenvalue weighted by molar-refractivity contribution is 7.19. The molecule has 2 unspecified atom stereocenters. The minimum Gasteiger partial charge on any atom is -0.496 e. The lowest BCUT2D eigenvalue weighted by molar-refractivity contribution is -0.150. The lowest BCUT2D eigenvalue weighted by Gasteiger charge is -2.37. The van der Waals surface area contributed by atoms with Crippen molar-refractivity contribution in [3.63, 3.8) is 0 Å². The fourth-order valence-electron chi connectivity index (χ4n) is 7.27. The largest absolute Gasteiger partial charge is 0.496 e. The van der Waals surface area contributed by atoms with Crippen LogP contribution >= 0.6 is 11.3 Å². The van der Waals surface area contributed by atoms with Crippen LogP contribution in [0.5, 0.6) is 11.5 Å². The molecule has 10 nitrogen and oxygen atoms in total. The van der Waals surface area contributed by atoms with E-state index >= 15 is 0 Å². The van der Waals surface area contributed by atoms with E-state index in [2.05, 4.69) is 51.4 Å². The van der Waals surface area contributed by atoms with Gasteiger partial charge in [-0.25, -0.2) is 24.3 Å². The SMILES string of the molecule is [C-]#[N+]C1=C(C(=O)OC2C(C)CC(C)CC2C)c2nc(-c3ccc(OCCCCCCCC)cc3OC)nn2C1=Nc1ccc(N(C)CCCC)s1. The van der Waals surface area contributed by atoms with Crippen LogP contribution in [-0.4, -0.2) is 60.0 Å². The maximum Gasteiger partial charge on any atom is 0.331 e. The van der Waals surface area contributed by atoms with E-state index < -0.39 is 5.97 Å². The van der Waals surface area contributed by atoms with Crippen LogP contribution in [0, 0.1) is 24.3 Å². The Bertz CT molecular complexity index is 1740. The van der Waals surface area contributed by atoms with Crippen LogP contribution in [0.2, 0.25) is 0 Å². The molecule has 1 aliphatic carbocycles.